The minimum Gasteiger partial charge on any atom is -0.369 e. The fraction of sp³-hybridized carbons (Fsp3) is 0.632. The SMILES string of the molecule is CN=C(NCC1(N(C)C)CCSC1)NC1CCN(c2ccccc2)C1. The number of nitrogens with one attached hydrogen (secondary N) is 2. The fourth-order valence-corrected chi connectivity index (χ4v) is 5.19. The van der Waals surface area contributed by atoms with Crippen LogP contribution in [0.1, 0.15) is 12.8 Å². The Labute approximate surface area is 156 Å². The highest BCUT2D eigenvalue weighted by molar-refractivity contribution is 7.99. The first-order valence-corrected chi connectivity index (χ1v) is 10.3. The largest absolute Gasteiger partial charge is 0.369 e. The maximum atomic E-state index is 4.45. The van der Waals surface area contributed by atoms with E-state index in [1.54, 1.807) is 0 Å². The summed E-state index contributed by atoms with van der Waals surface area (Å²) in [6.07, 6.45) is 2.38. The van der Waals surface area contributed by atoms with Gasteiger partial charge in [0.05, 0.1) is 0 Å². The number of rotatable bonds is 5. The molecule has 0 aromatic heterocycles. The number of benzene rings is 1. The molecular formula is C19H31N5S. The van der Waals surface area contributed by atoms with Gasteiger partial charge >= 0.3 is 0 Å². The molecule has 1 aromatic carbocycles. The van der Waals surface area contributed by atoms with Gasteiger partial charge < -0.3 is 20.4 Å². The number of para-hydroxylation sites is 1. The maximum absolute atomic E-state index is 4.45. The van der Waals surface area contributed by atoms with Crippen molar-refractivity contribution >= 4 is 23.4 Å². The van der Waals surface area contributed by atoms with Gasteiger partial charge in [0.25, 0.3) is 0 Å². The molecule has 6 heteroatoms. The topological polar surface area (TPSA) is 42.9 Å². The van der Waals surface area contributed by atoms with Crippen molar-refractivity contribution < 1.29 is 0 Å². The third kappa shape index (κ3) is 4.42. The van der Waals surface area contributed by atoms with Gasteiger partial charge in [0.1, 0.15) is 0 Å². The van der Waals surface area contributed by atoms with Crippen LogP contribution < -0.4 is 15.5 Å². The van der Waals surface area contributed by atoms with E-state index in [0.717, 1.165) is 32.0 Å². The molecular weight excluding hydrogens is 330 g/mol. The Bertz CT molecular complexity index is 568. The molecule has 0 aliphatic carbocycles. The first-order valence-electron chi connectivity index (χ1n) is 9.15. The van der Waals surface area contributed by atoms with Crippen LogP contribution in [0.15, 0.2) is 35.3 Å². The summed E-state index contributed by atoms with van der Waals surface area (Å²) in [5, 5.41) is 7.20. The Morgan fingerprint density at radius 3 is 2.80 bits per heavy atom. The van der Waals surface area contributed by atoms with E-state index in [9.17, 15) is 0 Å². The summed E-state index contributed by atoms with van der Waals surface area (Å²) in [5.74, 6) is 3.37. The third-order valence-electron chi connectivity index (χ3n) is 5.49. The van der Waals surface area contributed by atoms with Gasteiger partial charge in [-0.2, -0.15) is 11.8 Å². The fourth-order valence-electron chi connectivity index (χ4n) is 3.63. The number of anilines is 1. The molecule has 2 unspecified atom stereocenters. The zero-order valence-corrected chi connectivity index (χ0v) is 16.5. The second-order valence-electron chi connectivity index (χ2n) is 7.26. The van der Waals surface area contributed by atoms with E-state index in [0.29, 0.717) is 6.04 Å². The van der Waals surface area contributed by atoms with E-state index in [-0.39, 0.29) is 5.54 Å². The maximum Gasteiger partial charge on any atom is 0.191 e. The predicted molar refractivity (Wildman–Crippen MR) is 110 cm³/mol. The first kappa shape index (κ1) is 18.4. The van der Waals surface area contributed by atoms with Crippen molar-refractivity contribution in [2.45, 2.75) is 24.4 Å². The molecule has 0 bridgehead atoms. The number of likely N-dealkylation sites (N-methyl/N-ethyl adjacent to an activating group) is 1. The molecule has 2 N–H and O–H groups in total. The van der Waals surface area contributed by atoms with Gasteiger partial charge in [-0.05, 0) is 44.8 Å². The number of thioether (sulfide) groups is 1. The van der Waals surface area contributed by atoms with E-state index >= 15 is 0 Å². The second-order valence-corrected chi connectivity index (χ2v) is 8.36. The minimum absolute atomic E-state index is 0.244. The smallest absolute Gasteiger partial charge is 0.191 e. The molecule has 25 heavy (non-hydrogen) atoms. The highest BCUT2D eigenvalue weighted by Gasteiger charge is 2.36. The third-order valence-corrected chi connectivity index (χ3v) is 6.72. The summed E-state index contributed by atoms with van der Waals surface area (Å²) < 4.78 is 0. The predicted octanol–water partition coefficient (Wildman–Crippen LogP) is 1.87. The Hall–Kier alpha value is -1.40. The molecule has 0 amide bonds. The average molecular weight is 362 g/mol. The van der Waals surface area contributed by atoms with Gasteiger partial charge in [-0.3, -0.25) is 4.99 Å². The highest BCUT2D eigenvalue weighted by Crippen LogP contribution is 2.31. The van der Waals surface area contributed by atoms with Crippen LogP contribution in [0.3, 0.4) is 0 Å². The van der Waals surface area contributed by atoms with Crippen molar-refractivity contribution in [3.8, 4) is 0 Å². The van der Waals surface area contributed by atoms with Gasteiger partial charge in [-0.15, -0.1) is 0 Å². The van der Waals surface area contributed by atoms with Gasteiger partial charge in [-0.25, -0.2) is 0 Å². The van der Waals surface area contributed by atoms with E-state index in [1.807, 2.05) is 7.05 Å². The molecule has 2 fully saturated rings. The molecule has 2 atom stereocenters. The van der Waals surface area contributed by atoms with Crippen molar-refractivity contribution in [3.05, 3.63) is 30.3 Å². The van der Waals surface area contributed by atoms with Crippen molar-refractivity contribution in [3.63, 3.8) is 0 Å². The molecule has 2 saturated heterocycles. The zero-order chi connectivity index (χ0) is 17.7. The van der Waals surface area contributed by atoms with Crippen LogP contribution in [0.4, 0.5) is 5.69 Å². The van der Waals surface area contributed by atoms with Gasteiger partial charge in [0, 0.05) is 49.7 Å². The summed E-state index contributed by atoms with van der Waals surface area (Å²) in [6, 6.07) is 11.1. The number of hydrogen-bond donors (Lipinski definition) is 2. The molecule has 5 nitrogen and oxygen atoms in total. The summed E-state index contributed by atoms with van der Waals surface area (Å²) in [4.78, 5) is 9.27. The van der Waals surface area contributed by atoms with Crippen LogP contribution in [0.5, 0.6) is 0 Å². The zero-order valence-electron chi connectivity index (χ0n) is 15.7. The van der Waals surface area contributed by atoms with Crippen LogP contribution in [-0.4, -0.2) is 74.7 Å². The Morgan fingerprint density at radius 1 is 1.36 bits per heavy atom. The van der Waals surface area contributed by atoms with Crippen LogP contribution in [0.25, 0.3) is 0 Å². The molecule has 0 saturated carbocycles. The molecule has 2 aliphatic rings. The van der Waals surface area contributed by atoms with Crippen LogP contribution >= 0.6 is 11.8 Å². The molecule has 138 valence electrons. The Morgan fingerprint density at radius 2 is 2.16 bits per heavy atom. The van der Waals surface area contributed by atoms with E-state index in [2.05, 4.69) is 81.6 Å². The number of hydrogen-bond acceptors (Lipinski definition) is 4. The lowest BCUT2D eigenvalue weighted by Gasteiger charge is -2.36. The summed E-state index contributed by atoms with van der Waals surface area (Å²) >= 11 is 2.05. The molecule has 2 aliphatic heterocycles. The normalized spacial score (nSPS) is 27.1. The summed E-state index contributed by atoms with van der Waals surface area (Å²) in [6.45, 7) is 3.07. The standard InChI is InChI=1S/C19H31N5S/c1-20-18(21-14-19(23(2)3)10-12-25-15-19)22-16-9-11-24(13-16)17-7-5-4-6-8-17/h4-8,16H,9-15H2,1-3H3,(H2,20,21,22). The van der Waals surface area contributed by atoms with Crippen LogP contribution in [0, 0.1) is 0 Å². The average Bonchev–Trinajstić information content (AvgIpc) is 3.29. The van der Waals surface area contributed by atoms with Crippen molar-refractivity contribution in [1.29, 1.82) is 0 Å². The molecule has 0 spiro atoms. The van der Waals surface area contributed by atoms with Gasteiger partial charge in [0.2, 0.25) is 0 Å². The molecule has 1 aromatic rings. The number of aliphatic imine (C=N–C) groups is 1. The van der Waals surface area contributed by atoms with Crippen LogP contribution in [-0.2, 0) is 0 Å². The molecule has 0 radical (unpaired) electrons. The van der Waals surface area contributed by atoms with Crippen molar-refractivity contribution in [1.82, 2.24) is 15.5 Å². The minimum atomic E-state index is 0.244. The summed E-state index contributed by atoms with van der Waals surface area (Å²) in [5.41, 5.74) is 1.55. The second kappa shape index (κ2) is 8.32. The quantitative estimate of drug-likeness (QED) is 0.619. The molecule has 2 heterocycles. The lowest BCUT2D eigenvalue weighted by molar-refractivity contribution is 0.183. The van der Waals surface area contributed by atoms with E-state index < -0.39 is 0 Å². The lowest BCUT2D eigenvalue weighted by Crippen LogP contribution is -2.55. The Balaban J connectivity index is 1.51. The van der Waals surface area contributed by atoms with E-state index in [4.69, 9.17) is 0 Å². The van der Waals surface area contributed by atoms with Gasteiger partial charge in [0.15, 0.2) is 5.96 Å². The molecule has 3 rings (SSSR count). The lowest BCUT2D eigenvalue weighted by atomic mass is 9.97. The Kier molecular flexibility index (Phi) is 6.12. The highest BCUT2D eigenvalue weighted by atomic mass is 32.2. The number of nitrogens with zero attached hydrogens (tertiary/aromatic N) is 3. The summed E-state index contributed by atoms with van der Waals surface area (Å²) in [7, 11) is 6.25. The van der Waals surface area contributed by atoms with Crippen molar-refractivity contribution in [2.24, 2.45) is 4.99 Å². The van der Waals surface area contributed by atoms with E-state index in [1.165, 1.54) is 23.6 Å². The number of guanidine groups is 1. The van der Waals surface area contributed by atoms with Gasteiger partial charge in [-0.1, -0.05) is 18.2 Å². The first-order chi connectivity index (χ1) is 12.1. The van der Waals surface area contributed by atoms with Crippen molar-refractivity contribution in [2.75, 3.05) is 57.2 Å². The van der Waals surface area contributed by atoms with Crippen LogP contribution in [0.2, 0.25) is 0 Å². The monoisotopic (exact) mass is 361 g/mol.